The number of hydrogen-bond donors (Lipinski definition) is 0. The molecule has 1 heterocycles. The van der Waals surface area contributed by atoms with Crippen LogP contribution in [0.1, 0.15) is 25.0 Å². The van der Waals surface area contributed by atoms with E-state index in [4.69, 9.17) is 9.40 Å². The standard InChI is InChI=1S/C38H28N2O/c1-38(2)32-17-9-8-16-30(32)31-21-19-27(23-33(31)38)40(35-18-10-14-25-11-6-7-15-29(25)35)28-20-22-34-36(24-28)41-37(39-34)26-12-4-3-5-13-26/h3-24H,1-2H3. The van der Waals surface area contributed by atoms with Crippen LogP contribution in [0.4, 0.5) is 17.1 Å². The summed E-state index contributed by atoms with van der Waals surface area (Å²) in [5, 5.41) is 2.40. The lowest BCUT2D eigenvalue weighted by Gasteiger charge is -2.29. The zero-order valence-corrected chi connectivity index (χ0v) is 23.0. The molecule has 3 heteroatoms. The van der Waals surface area contributed by atoms with Gasteiger partial charge in [0, 0.05) is 28.1 Å². The summed E-state index contributed by atoms with van der Waals surface area (Å²) in [6.45, 7) is 4.66. The molecule has 0 amide bonds. The van der Waals surface area contributed by atoms with Gasteiger partial charge in [-0.2, -0.15) is 0 Å². The average Bonchev–Trinajstić information content (AvgIpc) is 3.54. The molecule has 0 N–H and O–H groups in total. The topological polar surface area (TPSA) is 29.3 Å². The Hall–Kier alpha value is -5.15. The van der Waals surface area contributed by atoms with E-state index in [0.717, 1.165) is 33.7 Å². The van der Waals surface area contributed by atoms with Crippen LogP contribution >= 0.6 is 0 Å². The lowest BCUT2D eigenvalue weighted by molar-refractivity contribution is 0.620. The summed E-state index contributed by atoms with van der Waals surface area (Å²) in [6, 6.07) is 47.2. The smallest absolute Gasteiger partial charge is 0.227 e. The third-order valence-electron chi connectivity index (χ3n) is 8.48. The van der Waals surface area contributed by atoms with Gasteiger partial charge in [-0.1, -0.05) is 98.8 Å². The van der Waals surface area contributed by atoms with Crippen LogP contribution in [0, 0.1) is 0 Å². The Bertz CT molecular complexity index is 2080. The van der Waals surface area contributed by atoms with Crippen molar-refractivity contribution in [3.8, 4) is 22.6 Å². The molecule has 8 rings (SSSR count). The van der Waals surface area contributed by atoms with Crippen molar-refractivity contribution < 1.29 is 4.42 Å². The van der Waals surface area contributed by atoms with E-state index >= 15 is 0 Å². The lowest BCUT2D eigenvalue weighted by atomic mass is 9.82. The summed E-state index contributed by atoms with van der Waals surface area (Å²) in [6.07, 6.45) is 0. The second-order valence-corrected chi connectivity index (χ2v) is 11.3. The summed E-state index contributed by atoms with van der Waals surface area (Å²) >= 11 is 0. The molecule has 0 bridgehead atoms. The van der Waals surface area contributed by atoms with Gasteiger partial charge < -0.3 is 9.32 Å². The molecular formula is C38H28N2O. The third kappa shape index (κ3) is 3.70. The zero-order valence-electron chi connectivity index (χ0n) is 23.0. The molecule has 1 aliphatic rings. The highest BCUT2D eigenvalue weighted by molar-refractivity contribution is 6.00. The molecule has 0 fully saturated rings. The van der Waals surface area contributed by atoms with Crippen LogP contribution in [-0.2, 0) is 5.41 Å². The van der Waals surface area contributed by atoms with Crippen LogP contribution in [0.15, 0.2) is 138 Å². The second-order valence-electron chi connectivity index (χ2n) is 11.3. The van der Waals surface area contributed by atoms with Crippen LogP contribution in [0.5, 0.6) is 0 Å². The number of oxazole rings is 1. The van der Waals surface area contributed by atoms with E-state index in [9.17, 15) is 0 Å². The van der Waals surface area contributed by atoms with Crippen molar-refractivity contribution in [1.29, 1.82) is 0 Å². The maximum absolute atomic E-state index is 6.32. The van der Waals surface area contributed by atoms with E-state index in [2.05, 4.69) is 122 Å². The first kappa shape index (κ1) is 23.7. The monoisotopic (exact) mass is 528 g/mol. The summed E-state index contributed by atoms with van der Waals surface area (Å²) in [4.78, 5) is 7.14. The molecule has 3 nitrogen and oxygen atoms in total. The molecule has 6 aromatic carbocycles. The van der Waals surface area contributed by atoms with Crippen molar-refractivity contribution in [2.45, 2.75) is 19.3 Å². The van der Waals surface area contributed by atoms with Crippen molar-refractivity contribution in [2.75, 3.05) is 4.90 Å². The van der Waals surface area contributed by atoms with E-state index in [-0.39, 0.29) is 5.41 Å². The van der Waals surface area contributed by atoms with Gasteiger partial charge >= 0.3 is 0 Å². The second kappa shape index (κ2) is 8.94. The highest BCUT2D eigenvalue weighted by atomic mass is 16.3. The van der Waals surface area contributed by atoms with Gasteiger partial charge in [0.05, 0.1) is 11.4 Å². The van der Waals surface area contributed by atoms with Crippen LogP contribution in [0.2, 0.25) is 0 Å². The van der Waals surface area contributed by atoms with Crippen molar-refractivity contribution in [3.63, 3.8) is 0 Å². The molecule has 1 aliphatic carbocycles. The lowest BCUT2D eigenvalue weighted by Crippen LogP contribution is -2.16. The maximum atomic E-state index is 6.32. The summed E-state index contributed by atoms with van der Waals surface area (Å²) < 4.78 is 6.32. The Morgan fingerprint density at radius 3 is 2.22 bits per heavy atom. The minimum absolute atomic E-state index is 0.0914. The predicted octanol–water partition coefficient (Wildman–Crippen LogP) is 10.4. The first-order chi connectivity index (χ1) is 20.1. The Morgan fingerprint density at radius 2 is 1.32 bits per heavy atom. The van der Waals surface area contributed by atoms with E-state index in [1.54, 1.807) is 0 Å². The largest absolute Gasteiger partial charge is 0.436 e. The summed E-state index contributed by atoms with van der Waals surface area (Å²) in [7, 11) is 0. The van der Waals surface area contributed by atoms with Gasteiger partial charge in [-0.15, -0.1) is 0 Å². The van der Waals surface area contributed by atoms with Gasteiger partial charge in [0.1, 0.15) is 5.52 Å². The predicted molar refractivity (Wildman–Crippen MR) is 169 cm³/mol. The van der Waals surface area contributed by atoms with Gasteiger partial charge in [-0.05, 0) is 70.1 Å². The fourth-order valence-electron chi connectivity index (χ4n) is 6.42. The molecule has 0 atom stereocenters. The molecule has 0 saturated carbocycles. The van der Waals surface area contributed by atoms with E-state index in [1.165, 1.54) is 33.0 Å². The Morgan fingerprint density at radius 1 is 0.610 bits per heavy atom. The number of fused-ring (bicyclic) bond motifs is 5. The van der Waals surface area contributed by atoms with Crippen LogP contribution < -0.4 is 4.90 Å². The number of anilines is 3. The minimum Gasteiger partial charge on any atom is -0.436 e. The SMILES string of the molecule is CC1(C)c2ccccc2-c2ccc(N(c3ccc4nc(-c5ccccc5)oc4c3)c3cccc4ccccc34)cc21. The number of benzene rings is 6. The minimum atomic E-state index is -0.0914. The van der Waals surface area contributed by atoms with Gasteiger partial charge in [0.15, 0.2) is 5.58 Å². The highest BCUT2D eigenvalue weighted by Gasteiger charge is 2.35. The zero-order chi connectivity index (χ0) is 27.6. The molecular weight excluding hydrogens is 500 g/mol. The average molecular weight is 529 g/mol. The van der Waals surface area contributed by atoms with E-state index < -0.39 is 0 Å². The molecule has 1 aromatic heterocycles. The first-order valence-corrected chi connectivity index (χ1v) is 14.1. The van der Waals surface area contributed by atoms with Crippen molar-refractivity contribution >= 4 is 38.9 Å². The molecule has 0 unspecified atom stereocenters. The molecule has 41 heavy (non-hydrogen) atoms. The first-order valence-electron chi connectivity index (χ1n) is 14.1. The Labute approximate surface area is 239 Å². The Balaban J connectivity index is 1.34. The quantitative estimate of drug-likeness (QED) is 0.228. The van der Waals surface area contributed by atoms with Crippen molar-refractivity contribution in [2.24, 2.45) is 0 Å². The van der Waals surface area contributed by atoms with Gasteiger partial charge in [0.25, 0.3) is 0 Å². The fraction of sp³-hybridized carbons (Fsp3) is 0.0789. The molecule has 0 saturated heterocycles. The van der Waals surface area contributed by atoms with Gasteiger partial charge in [-0.25, -0.2) is 4.98 Å². The fourth-order valence-corrected chi connectivity index (χ4v) is 6.42. The molecule has 7 aromatic rings. The van der Waals surface area contributed by atoms with Crippen LogP contribution in [-0.4, -0.2) is 4.98 Å². The van der Waals surface area contributed by atoms with Crippen molar-refractivity contribution in [1.82, 2.24) is 4.98 Å². The van der Waals surface area contributed by atoms with E-state index in [1.807, 2.05) is 30.3 Å². The van der Waals surface area contributed by atoms with Gasteiger partial charge in [-0.3, -0.25) is 0 Å². The Kier molecular flexibility index (Phi) is 5.17. The van der Waals surface area contributed by atoms with Crippen molar-refractivity contribution in [3.05, 3.63) is 145 Å². The number of rotatable bonds is 4. The van der Waals surface area contributed by atoms with Gasteiger partial charge in [0.2, 0.25) is 5.89 Å². The molecule has 196 valence electrons. The number of hydrogen-bond acceptors (Lipinski definition) is 3. The molecule has 0 spiro atoms. The number of nitrogens with zero attached hydrogens (tertiary/aromatic N) is 2. The normalized spacial score (nSPS) is 13.3. The summed E-state index contributed by atoms with van der Waals surface area (Å²) in [5.41, 5.74) is 11.1. The third-order valence-corrected chi connectivity index (χ3v) is 8.48. The highest BCUT2D eigenvalue weighted by Crippen LogP contribution is 2.51. The molecule has 0 radical (unpaired) electrons. The maximum Gasteiger partial charge on any atom is 0.227 e. The van der Waals surface area contributed by atoms with Crippen LogP contribution in [0.25, 0.3) is 44.5 Å². The van der Waals surface area contributed by atoms with E-state index in [0.29, 0.717) is 5.89 Å². The number of aromatic nitrogens is 1. The van der Waals surface area contributed by atoms with Crippen LogP contribution in [0.3, 0.4) is 0 Å². The summed E-state index contributed by atoms with van der Waals surface area (Å²) in [5.74, 6) is 0.631. The molecule has 0 aliphatic heterocycles.